The quantitative estimate of drug-likeness (QED) is 0.450. The number of carbonyl (C=O) groups is 2. The van der Waals surface area contributed by atoms with Crippen LogP contribution in [0.15, 0.2) is 60.9 Å². The van der Waals surface area contributed by atoms with Crippen molar-refractivity contribution in [3.05, 3.63) is 82.4 Å². The van der Waals surface area contributed by atoms with Gasteiger partial charge in [-0.2, -0.15) is 0 Å². The highest BCUT2D eigenvalue weighted by Crippen LogP contribution is 2.15. The zero-order valence-corrected chi connectivity index (χ0v) is 15.2. The van der Waals surface area contributed by atoms with E-state index >= 15 is 0 Å². The summed E-state index contributed by atoms with van der Waals surface area (Å²) in [5.41, 5.74) is 0.816. The van der Waals surface area contributed by atoms with Crippen LogP contribution in [0.5, 0.6) is 6.01 Å². The molecular weight excluding hydrogens is 397 g/mol. The molecule has 30 heavy (non-hydrogen) atoms. The highest BCUT2D eigenvalue weighted by molar-refractivity contribution is 6.03. The van der Waals surface area contributed by atoms with E-state index in [0.29, 0.717) is 11.4 Å². The summed E-state index contributed by atoms with van der Waals surface area (Å²) in [7, 11) is 0. The van der Waals surface area contributed by atoms with Crippen molar-refractivity contribution in [2.75, 3.05) is 17.2 Å². The summed E-state index contributed by atoms with van der Waals surface area (Å²) in [5, 5.41) is 15.7. The molecule has 0 fully saturated rings. The lowest BCUT2D eigenvalue weighted by molar-refractivity contribution is -0.384. The Morgan fingerprint density at radius 2 is 1.53 bits per heavy atom. The molecule has 152 valence electrons. The van der Waals surface area contributed by atoms with Crippen LogP contribution in [0, 0.1) is 15.9 Å². The number of amides is 2. The predicted molar refractivity (Wildman–Crippen MR) is 104 cm³/mol. The topological polar surface area (TPSA) is 136 Å². The first kappa shape index (κ1) is 20.3. The fourth-order valence-electron chi connectivity index (χ4n) is 2.24. The highest BCUT2D eigenvalue weighted by atomic mass is 19.1. The van der Waals surface area contributed by atoms with E-state index in [9.17, 15) is 24.1 Å². The number of benzene rings is 2. The molecule has 11 heteroatoms. The molecule has 0 bridgehead atoms. The molecule has 0 aliphatic heterocycles. The van der Waals surface area contributed by atoms with Crippen LogP contribution in [0.4, 0.5) is 21.5 Å². The van der Waals surface area contributed by atoms with Gasteiger partial charge < -0.3 is 15.4 Å². The van der Waals surface area contributed by atoms with Crippen LogP contribution in [-0.2, 0) is 4.79 Å². The molecule has 0 saturated heterocycles. The lowest BCUT2D eigenvalue weighted by Gasteiger charge is -2.07. The molecule has 0 radical (unpaired) electrons. The number of halogens is 1. The van der Waals surface area contributed by atoms with Crippen molar-refractivity contribution in [2.45, 2.75) is 0 Å². The third-order valence-electron chi connectivity index (χ3n) is 3.69. The highest BCUT2D eigenvalue weighted by Gasteiger charge is 2.10. The van der Waals surface area contributed by atoms with E-state index in [0.717, 1.165) is 0 Å². The van der Waals surface area contributed by atoms with Crippen LogP contribution in [0.25, 0.3) is 0 Å². The Bertz CT molecular complexity index is 1060. The number of anilines is 2. The van der Waals surface area contributed by atoms with Crippen LogP contribution in [0.1, 0.15) is 10.4 Å². The Morgan fingerprint density at radius 3 is 2.13 bits per heavy atom. The summed E-state index contributed by atoms with van der Waals surface area (Å²) in [6.45, 7) is -0.405. The summed E-state index contributed by atoms with van der Waals surface area (Å²) >= 11 is 0. The van der Waals surface area contributed by atoms with Gasteiger partial charge in [0.15, 0.2) is 6.61 Å². The number of nitrogens with zero attached hydrogens (tertiary/aromatic N) is 3. The van der Waals surface area contributed by atoms with Crippen molar-refractivity contribution >= 4 is 28.9 Å². The minimum Gasteiger partial charge on any atom is -0.453 e. The van der Waals surface area contributed by atoms with Crippen molar-refractivity contribution in [1.29, 1.82) is 0 Å². The minimum atomic E-state index is -0.546. The molecule has 2 aromatic carbocycles. The number of nitrogens with one attached hydrogen (secondary N) is 2. The Labute approximate surface area is 168 Å². The second kappa shape index (κ2) is 9.19. The number of aromatic nitrogens is 2. The van der Waals surface area contributed by atoms with Crippen molar-refractivity contribution in [1.82, 2.24) is 9.97 Å². The minimum absolute atomic E-state index is 0.0961. The molecular formula is C19H14FN5O5. The first-order valence-corrected chi connectivity index (χ1v) is 8.47. The molecule has 10 nitrogen and oxygen atoms in total. The molecule has 3 rings (SSSR count). The van der Waals surface area contributed by atoms with Crippen LogP contribution in [0.3, 0.4) is 0 Å². The number of rotatable bonds is 7. The molecule has 0 unspecified atom stereocenters. The van der Waals surface area contributed by atoms with Gasteiger partial charge >= 0.3 is 6.01 Å². The Hall–Kier alpha value is -4.41. The lowest BCUT2D eigenvalue weighted by atomic mass is 10.2. The number of nitro benzene ring substituents is 1. The van der Waals surface area contributed by atoms with Crippen LogP contribution < -0.4 is 15.4 Å². The summed E-state index contributed by atoms with van der Waals surface area (Å²) in [6.07, 6.45) is 2.44. The van der Waals surface area contributed by atoms with Gasteiger partial charge in [-0.05, 0) is 36.4 Å². The largest absolute Gasteiger partial charge is 0.453 e. The third kappa shape index (κ3) is 5.55. The zero-order chi connectivity index (χ0) is 21.5. The van der Waals surface area contributed by atoms with Crippen LogP contribution >= 0.6 is 0 Å². The Balaban J connectivity index is 1.50. The number of hydrogen-bond donors (Lipinski definition) is 2. The zero-order valence-electron chi connectivity index (χ0n) is 15.2. The molecule has 1 aromatic heterocycles. The molecule has 0 aliphatic carbocycles. The average molecular weight is 411 g/mol. The molecule has 2 amide bonds. The third-order valence-corrected chi connectivity index (χ3v) is 3.69. The normalized spacial score (nSPS) is 10.2. The van der Waals surface area contributed by atoms with Gasteiger partial charge in [-0.25, -0.2) is 14.4 Å². The van der Waals surface area contributed by atoms with Gasteiger partial charge in [0.1, 0.15) is 5.82 Å². The second-order valence-corrected chi connectivity index (χ2v) is 5.86. The molecule has 1 heterocycles. The first-order valence-electron chi connectivity index (χ1n) is 8.47. The summed E-state index contributed by atoms with van der Waals surface area (Å²) in [6, 6.07) is 10.4. The SMILES string of the molecule is O=C(COc1ncc(C(=O)Nc2ccc(F)cc2)cn1)Nc1ccc([N+](=O)[O-])cc1. The number of hydrogen-bond acceptors (Lipinski definition) is 7. The van der Waals surface area contributed by atoms with E-state index in [-0.39, 0.29) is 17.3 Å². The average Bonchev–Trinajstić information content (AvgIpc) is 2.74. The summed E-state index contributed by atoms with van der Waals surface area (Å²) < 4.78 is 18.0. The van der Waals surface area contributed by atoms with Crippen molar-refractivity contribution in [3.63, 3.8) is 0 Å². The van der Waals surface area contributed by atoms with E-state index in [1.807, 2.05) is 0 Å². The second-order valence-electron chi connectivity index (χ2n) is 5.86. The van der Waals surface area contributed by atoms with Gasteiger partial charge in [0, 0.05) is 35.9 Å². The number of non-ortho nitro benzene ring substituents is 1. The van der Waals surface area contributed by atoms with E-state index < -0.39 is 29.2 Å². The van der Waals surface area contributed by atoms with Crippen LogP contribution in [0.2, 0.25) is 0 Å². The summed E-state index contributed by atoms with van der Waals surface area (Å²) in [5.74, 6) is -1.44. The molecule has 3 aromatic rings. The molecule has 2 N–H and O–H groups in total. The Morgan fingerprint density at radius 1 is 0.967 bits per heavy atom. The molecule has 0 aliphatic rings. The monoisotopic (exact) mass is 411 g/mol. The van der Waals surface area contributed by atoms with E-state index in [4.69, 9.17) is 4.74 Å². The predicted octanol–water partition coefficient (Wildman–Crippen LogP) is 2.79. The van der Waals surface area contributed by atoms with Gasteiger partial charge in [-0.15, -0.1) is 0 Å². The van der Waals surface area contributed by atoms with Crippen LogP contribution in [-0.4, -0.2) is 33.3 Å². The standard InChI is InChI=1S/C19H14FN5O5/c20-13-1-3-15(4-2-13)24-18(27)12-9-21-19(22-10-12)30-11-17(26)23-14-5-7-16(8-6-14)25(28)29/h1-10H,11H2,(H,23,26)(H,24,27). The molecule has 0 spiro atoms. The molecule has 0 atom stereocenters. The van der Waals surface area contributed by atoms with E-state index in [1.54, 1.807) is 0 Å². The van der Waals surface area contributed by atoms with Gasteiger partial charge in [-0.3, -0.25) is 19.7 Å². The fraction of sp³-hybridized carbons (Fsp3) is 0.0526. The number of ether oxygens (including phenoxy) is 1. The lowest BCUT2D eigenvalue weighted by Crippen LogP contribution is -2.21. The smallest absolute Gasteiger partial charge is 0.316 e. The van der Waals surface area contributed by atoms with Gasteiger partial charge in [-0.1, -0.05) is 0 Å². The van der Waals surface area contributed by atoms with Gasteiger partial charge in [0.2, 0.25) is 0 Å². The van der Waals surface area contributed by atoms with E-state index in [1.165, 1.54) is 60.9 Å². The van der Waals surface area contributed by atoms with Gasteiger partial charge in [0.25, 0.3) is 17.5 Å². The maximum atomic E-state index is 12.9. The van der Waals surface area contributed by atoms with E-state index in [2.05, 4.69) is 20.6 Å². The maximum Gasteiger partial charge on any atom is 0.316 e. The number of nitro groups is 1. The first-order chi connectivity index (χ1) is 14.4. The maximum absolute atomic E-state index is 12.9. The van der Waals surface area contributed by atoms with Crippen molar-refractivity contribution in [2.24, 2.45) is 0 Å². The van der Waals surface area contributed by atoms with Crippen molar-refractivity contribution in [3.8, 4) is 6.01 Å². The van der Waals surface area contributed by atoms with Gasteiger partial charge in [0.05, 0.1) is 10.5 Å². The fourth-order valence-corrected chi connectivity index (χ4v) is 2.24. The van der Waals surface area contributed by atoms with Crippen molar-refractivity contribution < 1.29 is 23.6 Å². The number of carbonyl (C=O) groups excluding carboxylic acids is 2. The molecule has 0 saturated carbocycles. The summed E-state index contributed by atoms with van der Waals surface area (Å²) in [4.78, 5) is 41.8. The Kier molecular flexibility index (Phi) is 6.23.